The van der Waals surface area contributed by atoms with Crippen LogP contribution in [0.2, 0.25) is 0 Å². The van der Waals surface area contributed by atoms with Crippen LogP contribution in [0.3, 0.4) is 0 Å². The van der Waals surface area contributed by atoms with Crippen LogP contribution in [0.1, 0.15) is 60.6 Å². The molecule has 3 aromatic rings. The van der Waals surface area contributed by atoms with Gasteiger partial charge in [-0.3, -0.25) is 14.3 Å². The molecule has 1 aliphatic heterocycles. The fraction of sp³-hybridized carbons (Fsp3) is 0.393. The summed E-state index contributed by atoms with van der Waals surface area (Å²) in [6, 6.07) is 14.0. The Balaban J connectivity index is 1.42. The predicted molar refractivity (Wildman–Crippen MR) is 139 cm³/mol. The molecule has 0 saturated carbocycles. The summed E-state index contributed by atoms with van der Waals surface area (Å²) in [5.74, 6) is -0.279. The average Bonchev–Trinajstić information content (AvgIpc) is 3.54. The molecule has 2 amide bonds. The molecule has 7 heteroatoms. The normalized spacial score (nSPS) is 19.9. The summed E-state index contributed by atoms with van der Waals surface area (Å²) < 4.78 is 1.72. The van der Waals surface area contributed by atoms with Gasteiger partial charge in [0.15, 0.2) is 0 Å². The van der Waals surface area contributed by atoms with Crippen LogP contribution in [-0.2, 0) is 17.9 Å². The number of hydrogen-bond donors (Lipinski definition) is 1. The van der Waals surface area contributed by atoms with Gasteiger partial charge >= 0.3 is 0 Å². The number of nitrogens with one attached hydrogen (secondary N) is 1. The van der Waals surface area contributed by atoms with Crippen molar-refractivity contribution in [3.05, 3.63) is 76.3 Å². The molecule has 5 rings (SSSR count). The summed E-state index contributed by atoms with van der Waals surface area (Å²) in [7, 11) is 0. The fourth-order valence-corrected chi connectivity index (χ4v) is 5.68. The van der Waals surface area contributed by atoms with Gasteiger partial charge in [0.25, 0.3) is 5.91 Å². The molecule has 1 atom stereocenters. The summed E-state index contributed by atoms with van der Waals surface area (Å²) in [5.41, 5.74) is 3.92. The quantitative estimate of drug-likeness (QED) is 0.457. The van der Waals surface area contributed by atoms with Crippen molar-refractivity contribution in [3.63, 3.8) is 0 Å². The number of carbonyl (C=O) groups excluding carboxylic acids is 2. The Hall–Kier alpha value is -3.19. The number of thiophene rings is 1. The largest absolute Gasteiger partial charge is 0.350 e. The van der Waals surface area contributed by atoms with Gasteiger partial charge in [-0.15, -0.1) is 11.3 Å². The van der Waals surface area contributed by atoms with Gasteiger partial charge in [-0.2, -0.15) is 5.10 Å². The molecule has 1 aliphatic carbocycles. The summed E-state index contributed by atoms with van der Waals surface area (Å²) in [4.78, 5) is 30.2. The Labute approximate surface area is 210 Å². The Bertz CT molecular complexity index is 1240. The maximum Gasteiger partial charge on any atom is 0.273 e. The molecular weight excluding hydrogens is 456 g/mol. The minimum absolute atomic E-state index is 0.129. The molecule has 2 aliphatic rings. The van der Waals surface area contributed by atoms with Gasteiger partial charge in [0.1, 0.15) is 16.9 Å². The number of benzene rings is 1. The third-order valence-corrected chi connectivity index (χ3v) is 8.07. The third kappa shape index (κ3) is 4.82. The minimum atomic E-state index is -1.03. The third-order valence-electron chi connectivity index (χ3n) is 7.18. The van der Waals surface area contributed by atoms with Crippen LogP contribution in [0, 0.1) is 6.92 Å². The first kappa shape index (κ1) is 23.5. The molecule has 35 heavy (non-hydrogen) atoms. The van der Waals surface area contributed by atoms with Gasteiger partial charge in [-0.25, -0.2) is 0 Å². The van der Waals surface area contributed by atoms with Crippen LogP contribution in [-0.4, -0.2) is 38.6 Å². The van der Waals surface area contributed by atoms with Gasteiger partial charge in [-0.1, -0.05) is 47.5 Å². The van der Waals surface area contributed by atoms with E-state index >= 15 is 0 Å². The lowest BCUT2D eigenvalue weighted by Crippen LogP contribution is -2.64. The number of fused-ring (bicyclic) bond motifs is 1. The number of aromatic nitrogens is 2. The molecule has 0 radical (unpaired) electrons. The second-order valence-corrected chi connectivity index (χ2v) is 10.8. The molecular formula is C28H32N4O2S. The van der Waals surface area contributed by atoms with Crippen molar-refractivity contribution in [3.8, 4) is 10.6 Å². The van der Waals surface area contributed by atoms with Crippen LogP contribution < -0.4 is 5.32 Å². The Morgan fingerprint density at radius 2 is 2.03 bits per heavy atom. The Morgan fingerprint density at radius 3 is 2.74 bits per heavy atom. The van der Waals surface area contributed by atoms with E-state index in [1.54, 1.807) is 20.9 Å². The average molecular weight is 489 g/mol. The zero-order chi connectivity index (χ0) is 24.4. The molecule has 1 N–H and O–H groups in total. The highest BCUT2D eigenvalue weighted by atomic mass is 32.1. The van der Waals surface area contributed by atoms with Crippen molar-refractivity contribution in [2.24, 2.45) is 0 Å². The van der Waals surface area contributed by atoms with Gasteiger partial charge in [0.05, 0.1) is 11.4 Å². The highest BCUT2D eigenvalue weighted by molar-refractivity contribution is 7.13. The Morgan fingerprint density at radius 1 is 1.20 bits per heavy atom. The molecule has 2 aromatic heterocycles. The van der Waals surface area contributed by atoms with Crippen molar-refractivity contribution >= 4 is 23.2 Å². The second-order valence-electron chi connectivity index (χ2n) is 9.81. The topological polar surface area (TPSA) is 67.2 Å². The number of hydrogen-bond acceptors (Lipinski definition) is 4. The number of nitrogens with zero attached hydrogens (tertiary/aromatic N) is 3. The highest BCUT2D eigenvalue weighted by Gasteiger charge is 2.47. The monoisotopic (exact) mass is 488 g/mol. The van der Waals surface area contributed by atoms with Crippen LogP contribution in [0.25, 0.3) is 10.6 Å². The van der Waals surface area contributed by atoms with Crippen molar-refractivity contribution in [1.82, 2.24) is 20.0 Å². The summed E-state index contributed by atoms with van der Waals surface area (Å²) in [6.45, 7) is 5.20. The van der Waals surface area contributed by atoms with Crippen molar-refractivity contribution in [2.45, 2.75) is 64.6 Å². The first-order chi connectivity index (χ1) is 16.9. The maximum absolute atomic E-state index is 13.8. The summed E-state index contributed by atoms with van der Waals surface area (Å²) in [5, 5.41) is 9.82. The second kappa shape index (κ2) is 9.82. The standard InChI is InChI=1S/C28H32N4O2S/c1-20-10-12-22(13-11-20)18-29-27(34)28(2)19-32-24(17-23(30-32)25-9-6-16-35-25)26(33)31(28)15-14-21-7-4-3-5-8-21/h6-7,9-13,16-17H,3-5,8,14-15,18-19H2,1-2H3,(H,29,34)/t28-/m0/s1. The molecule has 0 saturated heterocycles. The zero-order valence-corrected chi connectivity index (χ0v) is 21.2. The minimum Gasteiger partial charge on any atom is -0.350 e. The van der Waals surface area contributed by atoms with E-state index in [0.717, 1.165) is 35.4 Å². The van der Waals surface area contributed by atoms with Crippen LogP contribution in [0.15, 0.2) is 59.5 Å². The molecule has 3 heterocycles. The lowest BCUT2D eigenvalue weighted by molar-refractivity contribution is -0.133. The van der Waals surface area contributed by atoms with E-state index in [0.29, 0.717) is 25.3 Å². The van der Waals surface area contributed by atoms with Gasteiger partial charge in [0.2, 0.25) is 5.91 Å². The van der Waals surface area contributed by atoms with E-state index in [9.17, 15) is 9.59 Å². The van der Waals surface area contributed by atoms with Crippen molar-refractivity contribution in [1.29, 1.82) is 0 Å². The van der Waals surface area contributed by atoms with Crippen molar-refractivity contribution in [2.75, 3.05) is 6.54 Å². The number of aryl methyl sites for hydroxylation is 1. The number of amides is 2. The van der Waals surface area contributed by atoms with Crippen LogP contribution in [0.4, 0.5) is 0 Å². The predicted octanol–water partition coefficient (Wildman–Crippen LogP) is 5.34. The molecule has 1 aromatic carbocycles. The van der Waals surface area contributed by atoms with E-state index in [4.69, 9.17) is 5.10 Å². The molecule has 0 fully saturated rings. The van der Waals surface area contributed by atoms with Crippen LogP contribution in [0.5, 0.6) is 0 Å². The fourth-order valence-electron chi connectivity index (χ4n) is 5.00. The van der Waals surface area contributed by atoms with E-state index in [2.05, 4.69) is 11.4 Å². The first-order valence-electron chi connectivity index (χ1n) is 12.4. The summed E-state index contributed by atoms with van der Waals surface area (Å²) in [6.07, 6.45) is 7.73. The zero-order valence-electron chi connectivity index (χ0n) is 20.4. The molecule has 182 valence electrons. The van der Waals surface area contributed by atoms with Gasteiger partial charge < -0.3 is 10.2 Å². The molecule has 0 unspecified atom stereocenters. The smallest absolute Gasteiger partial charge is 0.273 e. The molecule has 0 spiro atoms. The molecule has 0 bridgehead atoms. The lowest BCUT2D eigenvalue weighted by atomic mass is 9.92. The maximum atomic E-state index is 13.8. The van der Waals surface area contributed by atoms with E-state index in [1.165, 1.54) is 24.0 Å². The number of rotatable bonds is 7. The van der Waals surface area contributed by atoms with Gasteiger partial charge in [0, 0.05) is 13.1 Å². The van der Waals surface area contributed by atoms with Crippen LogP contribution >= 0.6 is 11.3 Å². The Kier molecular flexibility index (Phi) is 6.60. The van der Waals surface area contributed by atoms with E-state index in [-0.39, 0.29) is 11.8 Å². The van der Waals surface area contributed by atoms with E-state index < -0.39 is 5.54 Å². The summed E-state index contributed by atoms with van der Waals surface area (Å²) >= 11 is 1.60. The number of allylic oxidation sites excluding steroid dienone is 1. The van der Waals surface area contributed by atoms with Crippen molar-refractivity contribution < 1.29 is 9.59 Å². The lowest BCUT2D eigenvalue weighted by Gasteiger charge is -2.43. The highest BCUT2D eigenvalue weighted by Crippen LogP contribution is 2.32. The number of carbonyl (C=O) groups is 2. The SMILES string of the molecule is Cc1ccc(CNC(=O)[C@]2(C)Cn3nc(-c4cccs4)cc3C(=O)N2CCC2=CCCCC2)cc1. The first-order valence-corrected chi connectivity index (χ1v) is 13.3. The van der Waals surface area contributed by atoms with E-state index in [1.807, 2.05) is 61.7 Å². The molecule has 6 nitrogen and oxygen atoms in total. The van der Waals surface area contributed by atoms with Gasteiger partial charge in [-0.05, 0) is 69.0 Å².